The minimum atomic E-state index is -0.134. The van der Waals surface area contributed by atoms with E-state index in [4.69, 9.17) is 11.6 Å². The van der Waals surface area contributed by atoms with E-state index in [-0.39, 0.29) is 11.8 Å². The maximum atomic E-state index is 12.4. The molecule has 0 saturated carbocycles. The van der Waals surface area contributed by atoms with Gasteiger partial charge in [0.2, 0.25) is 5.91 Å². The second-order valence-corrected chi connectivity index (χ2v) is 7.46. The smallest absolute Gasteiger partial charge is 0.255 e. The number of quaternary nitrogens is 1. The van der Waals surface area contributed by atoms with Crippen LogP contribution in [0, 0.1) is 6.92 Å². The van der Waals surface area contributed by atoms with Gasteiger partial charge in [0.05, 0.1) is 26.2 Å². The normalized spacial score (nSPS) is 14.9. The summed E-state index contributed by atoms with van der Waals surface area (Å²) in [6, 6.07) is 13.2. The van der Waals surface area contributed by atoms with Crippen molar-refractivity contribution in [3.63, 3.8) is 0 Å². The summed E-state index contributed by atoms with van der Waals surface area (Å²) < 4.78 is 0. The SMILES string of the molecule is CC(=O)N1CC[NH+](Cc2ccc(C(=O)Nc3ccc(Cl)c(C)c3)cc2)CC1. The van der Waals surface area contributed by atoms with E-state index in [0.717, 1.165) is 44.0 Å². The van der Waals surface area contributed by atoms with Crippen molar-refractivity contribution in [1.29, 1.82) is 0 Å². The number of hydrogen-bond donors (Lipinski definition) is 2. The number of hydrogen-bond acceptors (Lipinski definition) is 2. The molecule has 0 spiro atoms. The van der Waals surface area contributed by atoms with Gasteiger partial charge in [-0.15, -0.1) is 0 Å². The monoisotopic (exact) mass is 386 g/mol. The summed E-state index contributed by atoms with van der Waals surface area (Å²) in [5.74, 6) is 0.0194. The number of rotatable bonds is 4. The number of halogens is 1. The van der Waals surface area contributed by atoms with Gasteiger partial charge >= 0.3 is 0 Å². The van der Waals surface area contributed by atoms with Gasteiger partial charge < -0.3 is 15.1 Å². The van der Waals surface area contributed by atoms with E-state index in [1.165, 1.54) is 10.5 Å². The van der Waals surface area contributed by atoms with Crippen LogP contribution in [0.25, 0.3) is 0 Å². The molecule has 1 fully saturated rings. The second-order valence-electron chi connectivity index (χ2n) is 7.05. The van der Waals surface area contributed by atoms with Crippen molar-refractivity contribution in [2.75, 3.05) is 31.5 Å². The molecule has 0 radical (unpaired) electrons. The van der Waals surface area contributed by atoms with Gasteiger partial charge in [-0.3, -0.25) is 9.59 Å². The Morgan fingerprint density at radius 1 is 1.11 bits per heavy atom. The molecule has 0 aliphatic carbocycles. The van der Waals surface area contributed by atoms with Crippen LogP contribution in [0.3, 0.4) is 0 Å². The molecule has 1 aliphatic rings. The number of amides is 2. The van der Waals surface area contributed by atoms with E-state index < -0.39 is 0 Å². The number of carbonyl (C=O) groups excluding carboxylic acids is 2. The highest BCUT2D eigenvalue weighted by atomic mass is 35.5. The van der Waals surface area contributed by atoms with Crippen LogP contribution in [0.5, 0.6) is 0 Å². The molecule has 1 heterocycles. The minimum Gasteiger partial charge on any atom is -0.332 e. The van der Waals surface area contributed by atoms with Gasteiger partial charge in [0.15, 0.2) is 0 Å². The molecule has 0 atom stereocenters. The summed E-state index contributed by atoms with van der Waals surface area (Å²) in [6.45, 7) is 7.97. The average molecular weight is 387 g/mol. The molecule has 6 heteroatoms. The van der Waals surface area contributed by atoms with Crippen molar-refractivity contribution >= 4 is 29.1 Å². The highest BCUT2D eigenvalue weighted by Gasteiger charge is 2.21. The first-order chi connectivity index (χ1) is 12.9. The highest BCUT2D eigenvalue weighted by molar-refractivity contribution is 6.31. The van der Waals surface area contributed by atoms with E-state index >= 15 is 0 Å². The lowest BCUT2D eigenvalue weighted by Crippen LogP contribution is -3.13. The Balaban J connectivity index is 1.56. The number of carbonyl (C=O) groups is 2. The molecule has 2 aromatic rings. The number of piperazine rings is 1. The van der Waals surface area contributed by atoms with Gasteiger partial charge in [-0.25, -0.2) is 0 Å². The third-order valence-corrected chi connectivity index (χ3v) is 5.43. The summed E-state index contributed by atoms with van der Waals surface area (Å²) in [5.41, 5.74) is 3.49. The lowest BCUT2D eigenvalue weighted by Gasteiger charge is -2.31. The number of anilines is 1. The fourth-order valence-electron chi connectivity index (χ4n) is 3.30. The van der Waals surface area contributed by atoms with Gasteiger partial charge in [0.25, 0.3) is 5.91 Å². The van der Waals surface area contributed by atoms with E-state index in [0.29, 0.717) is 10.6 Å². The van der Waals surface area contributed by atoms with Crippen molar-refractivity contribution in [1.82, 2.24) is 4.90 Å². The summed E-state index contributed by atoms with van der Waals surface area (Å²) in [4.78, 5) is 27.2. The maximum Gasteiger partial charge on any atom is 0.255 e. The van der Waals surface area contributed by atoms with Crippen molar-refractivity contribution in [2.45, 2.75) is 20.4 Å². The Morgan fingerprint density at radius 2 is 1.78 bits per heavy atom. The Bertz CT molecular complexity index is 828. The molecular formula is C21H25ClN3O2+. The topological polar surface area (TPSA) is 53.9 Å². The zero-order valence-electron chi connectivity index (χ0n) is 15.7. The Morgan fingerprint density at radius 3 is 2.37 bits per heavy atom. The third-order valence-electron chi connectivity index (χ3n) is 5.00. The molecule has 27 heavy (non-hydrogen) atoms. The van der Waals surface area contributed by atoms with E-state index in [1.807, 2.05) is 42.2 Å². The number of nitrogens with zero attached hydrogens (tertiary/aromatic N) is 1. The molecule has 1 aliphatic heterocycles. The van der Waals surface area contributed by atoms with E-state index in [9.17, 15) is 9.59 Å². The van der Waals surface area contributed by atoms with E-state index in [2.05, 4.69) is 5.32 Å². The molecule has 2 aromatic carbocycles. The van der Waals surface area contributed by atoms with Crippen molar-refractivity contribution < 1.29 is 14.5 Å². The largest absolute Gasteiger partial charge is 0.332 e. The fraction of sp³-hybridized carbons (Fsp3) is 0.333. The van der Waals surface area contributed by atoms with Crippen LogP contribution in [-0.2, 0) is 11.3 Å². The molecule has 3 rings (SSSR count). The van der Waals surface area contributed by atoms with Crippen LogP contribution >= 0.6 is 11.6 Å². The first-order valence-corrected chi connectivity index (χ1v) is 9.55. The summed E-state index contributed by atoms with van der Waals surface area (Å²) in [6.07, 6.45) is 0. The standard InChI is InChI=1S/C21H24ClN3O2/c1-15-13-19(7-8-20(15)22)23-21(27)18-5-3-17(4-6-18)14-24-9-11-25(12-10-24)16(2)26/h3-8,13H,9-12,14H2,1-2H3,(H,23,27)/p+1. The Kier molecular flexibility index (Phi) is 6.14. The zero-order valence-corrected chi connectivity index (χ0v) is 16.5. The Labute approximate surface area is 164 Å². The lowest BCUT2D eigenvalue weighted by molar-refractivity contribution is -0.917. The molecule has 142 valence electrons. The fourth-order valence-corrected chi connectivity index (χ4v) is 3.42. The lowest BCUT2D eigenvalue weighted by atomic mass is 10.1. The van der Waals surface area contributed by atoms with Crippen LogP contribution in [0.2, 0.25) is 5.02 Å². The molecule has 0 bridgehead atoms. The van der Waals surface area contributed by atoms with Gasteiger partial charge in [-0.2, -0.15) is 0 Å². The van der Waals surface area contributed by atoms with Gasteiger partial charge in [0, 0.05) is 28.8 Å². The van der Waals surface area contributed by atoms with Gasteiger partial charge in [-0.1, -0.05) is 23.7 Å². The highest BCUT2D eigenvalue weighted by Crippen LogP contribution is 2.20. The second kappa shape index (κ2) is 8.55. The molecule has 1 saturated heterocycles. The van der Waals surface area contributed by atoms with Crippen molar-refractivity contribution in [3.05, 3.63) is 64.2 Å². The summed E-state index contributed by atoms with van der Waals surface area (Å²) >= 11 is 6.02. The first-order valence-electron chi connectivity index (χ1n) is 9.18. The van der Waals surface area contributed by atoms with Crippen LogP contribution in [0.15, 0.2) is 42.5 Å². The van der Waals surface area contributed by atoms with Crippen LogP contribution < -0.4 is 10.2 Å². The zero-order chi connectivity index (χ0) is 19.4. The maximum absolute atomic E-state index is 12.4. The van der Waals surface area contributed by atoms with Crippen molar-refractivity contribution in [2.24, 2.45) is 0 Å². The summed E-state index contributed by atoms with van der Waals surface area (Å²) in [7, 11) is 0. The average Bonchev–Trinajstić information content (AvgIpc) is 2.66. The number of benzene rings is 2. The van der Waals surface area contributed by atoms with Crippen LogP contribution in [0.1, 0.15) is 28.4 Å². The van der Waals surface area contributed by atoms with E-state index in [1.54, 1.807) is 19.1 Å². The molecular weight excluding hydrogens is 362 g/mol. The number of aryl methyl sites for hydroxylation is 1. The van der Waals surface area contributed by atoms with Crippen molar-refractivity contribution in [3.8, 4) is 0 Å². The molecule has 2 N–H and O–H groups in total. The molecule has 0 unspecified atom stereocenters. The molecule has 5 nitrogen and oxygen atoms in total. The van der Waals surface area contributed by atoms with Crippen LogP contribution in [-0.4, -0.2) is 42.9 Å². The summed E-state index contributed by atoms with van der Waals surface area (Å²) in [5, 5.41) is 3.59. The molecule has 2 amide bonds. The molecule has 0 aromatic heterocycles. The predicted molar refractivity (Wildman–Crippen MR) is 107 cm³/mol. The predicted octanol–water partition coefficient (Wildman–Crippen LogP) is 2.15. The van der Waals surface area contributed by atoms with Crippen LogP contribution in [0.4, 0.5) is 5.69 Å². The Hall–Kier alpha value is -2.37. The third kappa shape index (κ3) is 5.08. The minimum absolute atomic E-state index is 0.134. The number of nitrogens with one attached hydrogen (secondary N) is 2. The quantitative estimate of drug-likeness (QED) is 0.846. The first kappa shape index (κ1) is 19.4. The van der Waals surface area contributed by atoms with Gasteiger partial charge in [0.1, 0.15) is 6.54 Å². The van der Waals surface area contributed by atoms with Gasteiger partial charge in [-0.05, 0) is 42.8 Å².